The third-order valence-electron chi connectivity index (χ3n) is 5.08. The second-order valence-corrected chi connectivity index (χ2v) is 7.42. The molecule has 0 spiro atoms. The minimum Gasteiger partial charge on any atom is -0.382 e. The van der Waals surface area contributed by atoms with Crippen molar-refractivity contribution in [3.05, 3.63) is 89.2 Å². The van der Waals surface area contributed by atoms with Gasteiger partial charge in [0.15, 0.2) is 0 Å². The summed E-state index contributed by atoms with van der Waals surface area (Å²) in [6.07, 6.45) is 2.71. The van der Waals surface area contributed by atoms with Crippen LogP contribution in [0.2, 0.25) is 5.02 Å². The van der Waals surface area contributed by atoms with Gasteiger partial charge in [-0.2, -0.15) is 5.10 Å². The van der Waals surface area contributed by atoms with E-state index in [1.54, 1.807) is 37.3 Å². The van der Waals surface area contributed by atoms with Gasteiger partial charge in [0, 0.05) is 28.3 Å². The molecule has 6 nitrogen and oxygen atoms in total. The zero-order valence-electron chi connectivity index (χ0n) is 15.8. The molecule has 0 amide bonds. The van der Waals surface area contributed by atoms with Crippen LogP contribution in [0.25, 0.3) is 11.3 Å². The summed E-state index contributed by atoms with van der Waals surface area (Å²) in [6.45, 7) is 1.54. The maximum atomic E-state index is 14.7. The van der Waals surface area contributed by atoms with E-state index in [9.17, 15) is 13.9 Å². The fraction of sp³-hybridized carbons (Fsp3) is 0.190. The highest BCUT2D eigenvalue weighted by atomic mass is 35.5. The summed E-state index contributed by atoms with van der Waals surface area (Å²) in [5.41, 5.74) is -0.593. The van der Waals surface area contributed by atoms with Crippen LogP contribution in [0.1, 0.15) is 24.2 Å². The molecule has 2 aromatic heterocycles. The van der Waals surface area contributed by atoms with Crippen LogP contribution in [0, 0.1) is 11.6 Å². The Morgan fingerprint density at radius 2 is 1.93 bits per heavy atom. The predicted molar refractivity (Wildman–Crippen MR) is 106 cm³/mol. The predicted octanol–water partition coefficient (Wildman–Crippen LogP) is 4.56. The monoisotopic (exact) mass is 430 g/mol. The largest absolute Gasteiger partial charge is 0.382 e. The molecule has 4 rings (SSSR count). The molecule has 2 aromatic carbocycles. The van der Waals surface area contributed by atoms with Crippen molar-refractivity contribution < 1.29 is 18.4 Å². The molecule has 0 saturated carbocycles. The molecule has 0 unspecified atom stereocenters. The normalized spacial score (nSPS) is 14.4. The second-order valence-electron chi connectivity index (χ2n) is 6.98. The van der Waals surface area contributed by atoms with Crippen molar-refractivity contribution >= 4 is 11.6 Å². The average molecular weight is 431 g/mol. The van der Waals surface area contributed by atoms with Crippen molar-refractivity contribution in [1.82, 2.24) is 19.9 Å². The van der Waals surface area contributed by atoms with Crippen molar-refractivity contribution in [3.63, 3.8) is 0 Å². The molecule has 0 fully saturated rings. The van der Waals surface area contributed by atoms with E-state index in [1.807, 2.05) is 0 Å². The van der Waals surface area contributed by atoms with Gasteiger partial charge < -0.3 is 9.63 Å². The van der Waals surface area contributed by atoms with Crippen molar-refractivity contribution in [2.24, 2.45) is 0 Å². The fourth-order valence-corrected chi connectivity index (χ4v) is 3.47. The van der Waals surface area contributed by atoms with Crippen LogP contribution in [-0.2, 0) is 12.1 Å². The number of aromatic nitrogens is 4. The molecule has 0 radical (unpaired) electrons. The summed E-state index contributed by atoms with van der Waals surface area (Å²) in [5, 5.41) is 20.3. The lowest BCUT2D eigenvalue weighted by Crippen LogP contribution is -2.38. The molecular weight excluding hydrogens is 414 g/mol. The Morgan fingerprint density at radius 1 is 1.17 bits per heavy atom. The first kappa shape index (κ1) is 20.2. The van der Waals surface area contributed by atoms with E-state index in [4.69, 9.17) is 16.1 Å². The van der Waals surface area contributed by atoms with Crippen LogP contribution in [-0.4, -0.2) is 25.0 Å². The highest BCUT2D eigenvalue weighted by Gasteiger charge is 2.42. The highest BCUT2D eigenvalue weighted by molar-refractivity contribution is 6.30. The molecule has 2 heterocycles. The van der Waals surface area contributed by atoms with Crippen LogP contribution in [0.5, 0.6) is 0 Å². The first-order chi connectivity index (χ1) is 14.4. The Kier molecular flexibility index (Phi) is 5.36. The van der Waals surface area contributed by atoms with Gasteiger partial charge in [-0.3, -0.25) is 0 Å². The van der Waals surface area contributed by atoms with Crippen LogP contribution in [0.4, 0.5) is 8.78 Å². The van der Waals surface area contributed by atoms with E-state index < -0.39 is 23.2 Å². The summed E-state index contributed by atoms with van der Waals surface area (Å²) in [4.78, 5) is 3.86. The lowest BCUT2D eigenvalue weighted by Gasteiger charge is -2.33. The molecule has 0 saturated heterocycles. The van der Waals surface area contributed by atoms with Gasteiger partial charge in [-0.15, -0.1) is 0 Å². The Labute approximate surface area is 175 Å². The van der Waals surface area contributed by atoms with Gasteiger partial charge in [-0.05, 0) is 18.2 Å². The molecule has 0 aliphatic rings. The smallest absolute Gasteiger partial charge is 0.143 e. The zero-order valence-corrected chi connectivity index (χ0v) is 16.6. The minimum absolute atomic E-state index is 0.0867. The lowest BCUT2D eigenvalue weighted by atomic mass is 9.80. The van der Waals surface area contributed by atoms with Crippen LogP contribution >= 0.6 is 11.6 Å². The topological polar surface area (TPSA) is 77.0 Å². The maximum absolute atomic E-state index is 14.7. The van der Waals surface area contributed by atoms with Gasteiger partial charge in [0.05, 0.1) is 12.5 Å². The Balaban J connectivity index is 1.74. The number of hydrogen-bond donors (Lipinski definition) is 1. The Morgan fingerprint density at radius 3 is 2.60 bits per heavy atom. The first-order valence-electron chi connectivity index (χ1n) is 9.09. The van der Waals surface area contributed by atoms with Crippen LogP contribution in [0.15, 0.2) is 65.7 Å². The summed E-state index contributed by atoms with van der Waals surface area (Å²) < 4.78 is 35.0. The molecule has 9 heteroatoms. The van der Waals surface area contributed by atoms with Crippen molar-refractivity contribution in [2.45, 2.75) is 25.0 Å². The molecule has 0 bridgehead atoms. The molecule has 2 atom stereocenters. The number of halogens is 3. The molecule has 1 N–H and O–H groups in total. The van der Waals surface area contributed by atoms with Crippen molar-refractivity contribution in [1.29, 1.82) is 0 Å². The number of benzene rings is 2. The third-order valence-corrected chi connectivity index (χ3v) is 5.33. The van der Waals surface area contributed by atoms with Gasteiger partial charge >= 0.3 is 0 Å². The second kappa shape index (κ2) is 7.97. The highest BCUT2D eigenvalue weighted by Crippen LogP contribution is 2.40. The molecule has 154 valence electrons. The van der Waals surface area contributed by atoms with Crippen LogP contribution < -0.4 is 0 Å². The standard InChI is InChI=1S/C21H17ClF2N4O2/c1-13(20-9-19(27-30-20)14-2-4-15(22)5-3-14)21(29,10-28-12-25-11-26-28)17-7-6-16(23)8-18(17)24/h2-9,11-13,29H,10H2,1H3/t13-,21+/m0/s1. The maximum Gasteiger partial charge on any atom is 0.143 e. The van der Waals surface area contributed by atoms with Crippen molar-refractivity contribution in [3.8, 4) is 11.3 Å². The number of nitrogens with zero attached hydrogens (tertiary/aromatic N) is 4. The quantitative estimate of drug-likeness (QED) is 0.485. The minimum atomic E-state index is -1.82. The zero-order chi connectivity index (χ0) is 21.3. The summed E-state index contributed by atoms with van der Waals surface area (Å²) >= 11 is 5.92. The van der Waals surface area contributed by atoms with Crippen molar-refractivity contribution in [2.75, 3.05) is 0 Å². The Bertz CT molecular complexity index is 1150. The van der Waals surface area contributed by atoms with Gasteiger partial charge in [-0.25, -0.2) is 18.4 Å². The van der Waals surface area contributed by atoms with Gasteiger partial charge in [0.2, 0.25) is 0 Å². The van der Waals surface area contributed by atoms with E-state index >= 15 is 0 Å². The molecule has 0 aliphatic carbocycles. The fourth-order valence-electron chi connectivity index (χ4n) is 3.34. The van der Waals surface area contributed by atoms with E-state index in [-0.39, 0.29) is 12.1 Å². The van der Waals surface area contributed by atoms with Gasteiger partial charge in [0.25, 0.3) is 0 Å². The van der Waals surface area contributed by atoms with E-state index in [2.05, 4.69) is 15.2 Å². The van der Waals surface area contributed by atoms with Gasteiger partial charge in [0.1, 0.15) is 41.3 Å². The van der Waals surface area contributed by atoms with Crippen LogP contribution in [0.3, 0.4) is 0 Å². The molecular formula is C21H17ClF2N4O2. The lowest BCUT2D eigenvalue weighted by molar-refractivity contribution is -0.0181. The first-order valence-corrected chi connectivity index (χ1v) is 9.47. The number of hydrogen-bond acceptors (Lipinski definition) is 5. The molecule has 4 aromatic rings. The van der Waals surface area contributed by atoms with E-state index in [0.29, 0.717) is 16.5 Å². The number of aliphatic hydroxyl groups is 1. The molecule has 30 heavy (non-hydrogen) atoms. The number of rotatable bonds is 6. The Hall–Kier alpha value is -3.10. The summed E-state index contributed by atoms with van der Waals surface area (Å²) in [5.74, 6) is -2.04. The molecule has 0 aliphatic heterocycles. The average Bonchev–Trinajstić information content (AvgIpc) is 3.40. The van der Waals surface area contributed by atoms with E-state index in [1.165, 1.54) is 23.4 Å². The van der Waals surface area contributed by atoms with Gasteiger partial charge in [-0.1, -0.05) is 41.9 Å². The summed E-state index contributed by atoms with van der Waals surface area (Å²) in [7, 11) is 0. The SMILES string of the molecule is C[C@@H](c1cc(-c2ccc(Cl)cc2)no1)[C@](O)(Cn1cncn1)c1ccc(F)cc1F. The van der Waals surface area contributed by atoms with E-state index in [0.717, 1.165) is 17.7 Å². The third kappa shape index (κ3) is 3.83. The summed E-state index contributed by atoms with van der Waals surface area (Å²) in [6, 6.07) is 11.7.